The topological polar surface area (TPSA) is 71.4 Å². The van der Waals surface area contributed by atoms with Gasteiger partial charge < -0.3 is 5.11 Å². The van der Waals surface area contributed by atoms with Crippen LogP contribution in [0, 0.1) is 11.8 Å². The number of hydrogen-bond acceptors (Lipinski definition) is 3. The van der Waals surface area contributed by atoms with Gasteiger partial charge in [-0.25, -0.2) is 0 Å². The molecule has 2 unspecified atom stereocenters. The van der Waals surface area contributed by atoms with Crippen LogP contribution in [0.5, 0.6) is 0 Å². The van der Waals surface area contributed by atoms with Gasteiger partial charge in [0.05, 0.1) is 5.92 Å². The van der Waals surface area contributed by atoms with E-state index in [1.807, 2.05) is 0 Å². The van der Waals surface area contributed by atoms with Gasteiger partial charge in [0.15, 0.2) is 11.6 Å². The Morgan fingerprint density at radius 3 is 2.50 bits per heavy atom. The van der Waals surface area contributed by atoms with Crippen molar-refractivity contribution < 1.29 is 19.5 Å². The maximum absolute atomic E-state index is 11.3. The molecular weight excluding hydrogens is 232 g/mol. The first-order chi connectivity index (χ1) is 8.54. The average Bonchev–Trinajstić information content (AvgIpc) is 2.38. The molecule has 0 radical (unpaired) electrons. The van der Waals surface area contributed by atoms with Crippen molar-refractivity contribution in [3.63, 3.8) is 0 Å². The number of ketones is 2. The van der Waals surface area contributed by atoms with Crippen molar-refractivity contribution in [1.29, 1.82) is 0 Å². The molecule has 4 nitrogen and oxygen atoms in total. The summed E-state index contributed by atoms with van der Waals surface area (Å²) in [5.41, 5.74) is 0. The van der Waals surface area contributed by atoms with Crippen molar-refractivity contribution >= 4 is 17.5 Å². The number of rotatable bonds is 7. The molecule has 0 heterocycles. The third kappa shape index (κ3) is 4.59. The summed E-state index contributed by atoms with van der Waals surface area (Å²) in [5.74, 6) is -1.07. The lowest BCUT2D eigenvalue weighted by molar-refractivity contribution is -0.143. The van der Waals surface area contributed by atoms with Gasteiger partial charge in [-0.05, 0) is 31.6 Å². The van der Waals surface area contributed by atoms with E-state index in [4.69, 9.17) is 5.11 Å². The molecule has 0 saturated heterocycles. The van der Waals surface area contributed by atoms with Crippen LogP contribution in [-0.4, -0.2) is 22.6 Å². The van der Waals surface area contributed by atoms with Gasteiger partial charge in [0, 0.05) is 12.8 Å². The van der Waals surface area contributed by atoms with Crippen LogP contribution in [0.15, 0.2) is 0 Å². The van der Waals surface area contributed by atoms with Gasteiger partial charge in [0.1, 0.15) is 0 Å². The Bertz CT molecular complexity index is 322. The van der Waals surface area contributed by atoms with Gasteiger partial charge in [-0.1, -0.05) is 19.8 Å². The first kappa shape index (κ1) is 14.9. The van der Waals surface area contributed by atoms with E-state index in [1.165, 1.54) is 0 Å². The molecule has 0 amide bonds. The normalized spacial score (nSPS) is 23.6. The van der Waals surface area contributed by atoms with Crippen molar-refractivity contribution in [3.8, 4) is 0 Å². The highest BCUT2D eigenvalue weighted by atomic mass is 16.4. The van der Waals surface area contributed by atoms with Crippen LogP contribution in [0.1, 0.15) is 58.3 Å². The van der Waals surface area contributed by atoms with E-state index in [9.17, 15) is 14.4 Å². The van der Waals surface area contributed by atoms with Crippen molar-refractivity contribution in [2.45, 2.75) is 58.3 Å². The average molecular weight is 254 g/mol. The predicted molar refractivity (Wildman–Crippen MR) is 67.2 cm³/mol. The SMILES string of the molecule is CCC(=O)C(=O)CCCC1CCCC(C(=O)O)C1. The van der Waals surface area contributed by atoms with Crippen LogP contribution in [-0.2, 0) is 14.4 Å². The van der Waals surface area contributed by atoms with Gasteiger partial charge >= 0.3 is 5.97 Å². The van der Waals surface area contributed by atoms with Crippen LogP contribution in [0.3, 0.4) is 0 Å². The molecule has 1 aliphatic carbocycles. The summed E-state index contributed by atoms with van der Waals surface area (Å²) in [6, 6.07) is 0. The van der Waals surface area contributed by atoms with Crippen molar-refractivity contribution in [3.05, 3.63) is 0 Å². The molecule has 18 heavy (non-hydrogen) atoms. The van der Waals surface area contributed by atoms with Gasteiger partial charge in [-0.15, -0.1) is 0 Å². The molecule has 0 aromatic carbocycles. The van der Waals surface area contributed by atoms with Crippen LogP contribution >= 0.6 is 0 Å². The smallest absolute Gasteiger partial charge is 0.306 e. The number of carbonyl (C=O) groups is 3. The Hall–Kier alpha value is -1.19. The predicted octanol–water partition coefficient (Wildman–Crippen LogP) is 2.60. The summed E-state index contributed by atoms with van der Waals surface area (Å²) in [6.45, 7) is 1.69. The summed E-state index contributed by atoms with van der Waals surface area (Å²) in [4.78, 5) is 33.4. The number of hydrogen-bond donors (Lipinski definition) is 1. The molecule has 102 valence electrons. The van der Waals surface area contributed by atoms with Gasteiger partial charge in [-0.2, -0.15) is 0 Å². The maximum Gasteiger partial charge on any atom is 0.306 e. The standard InChI is InChI=1S/C14H22O4/c1-2-12(15)13(16)8-4-6-10-5-3-7-11(9-10)14(17)18/h10-11H,2-9H2,1H3,(H,17,18). The lowest BCUT2D eigenvalue weighted by atomic mass is 9.79. The van der Waals surface area contributed by atoms with Crippen molar-refractivity contribution in [2.24, 2.45) is 11.8 Å². The van der Waals surface area contributed by atoms with E-state index >= 15 is 0 Å². The summed E-state index contributed by atoms with van der Waals surface area (Å²) in [7, 11) is 0. The molecule has 1 fully saturated rings. The molecule has 0 spiro atoms. The fourth-order valence-corrected chi connectivity index (χ4v) is 2.67. The Balaban J connectivity index is 2.25. The highest BCUT2D eigenvalue weighted by Crippen LogP contribution is 2.32. The highest BCUT2D eigenvalue weighted by Gasteiger charge is 2.26. The summed E-state index contributed by atoms with van der Waals surface area (Å²) in [5, 5.41) is 8.98. The van der Waals surface area contributed by atoms with E-state index in [-0.39, 0.29) is 23.9 Å². The zero-order valence-corrected chi connectivity index (χ0v) is 11.0. The minimum atomic E-state index is -0.697. The molecule has 2 atom stereocenters. The first-order valence-corrected chi connectivity index (χ1v) is 6.83. The van der Waals surface area contributed by atoms with Crippen molar-refractivity contribution in [1.82, 2.24) is 0 Å². The summed E-state index contributed by atoms with van der Waals surface area (Å²) >= 11 is 0. The number of carbonyl (C=O) groups excluding carboxylic acids is 2. The molecule has 1 N–H and O–H groups in total. The van der Waals surface area contributed by atoms with E-state index in [0.29, 0.717) is 18.8 Å². The Morgan fingerprint density at radius 1 is 1.17 bits per heavy atom. The fourth-order valence-electron chi connectivity index (χ4n) is 2.67. The van der Waals surface area contributed by atoms with E-state index in [0.717, 1.165) is 32.1 Å². The summed E-state index contributed by atoms with van der Waals surface area (Å²) in [6.07, 6.45) is 5.70. The second-order valence-corrected chi connectivity index (χ2v) is 5.16. The molecule has 1 saturated carbocycles. The molecule has 0 aliphatic heterocycles. The number of carboxylic acid groups (broad SMARTS) is 1. The second-order valence-electron chi connectivity index (χ2n) is 5.16. The van der Waals surface area contributed by atoms with Crippen LogP contribution < -0.4 is 0 Å². The lowest BCUT2D eigenvalue weighted by Gasteiger charge is -2.26. The fraction of sp³-hybridized carbons (Fsp3) is 0.786. The van der Waals surface area contributed by atoms with Gasteiger partial charge in [0.25, 0.3) is 0 Å². The molecule has 0 bridgehead atoms. The van der Waals surface area contributed by atoms with Gasteiger partial charge in [0.2, 0.25) is 0 Å². The highest BCUT2D eigenvalue weighted by molar-refractivity contribution is 6.37. The first-order valence-electron chi connectivity index (χ1n) is 6.83. The zero-order valence-electron chi connectivity index (χ0n) is 11.0. The largest absolute Gasteiger partial charge is 0.481 e. The Kier molecular flexibility index (Phi) is 6.02. The number of aliphatic carboxylic acids is 1. The maximum atomic E-state index is 11.3. The van der Waals surface area contributed by atoms with E-state index < -0.39 is 5.97 Å². The van der Waals surface area contributed by atoms with Crippen LogP contribution in [0.4, 0.5) is 0 Å². The van der Waals surface area contributed by atoms with Crippen LogP contribution in [0.2, 0.25) is 0 Å². The zero-order chi connectivity index (χ0) is 13.5. The minimum Gasteiger partial charge on any atom is -0.481 e. The summed E-state index contributed by atoms with van der Waals surface area (Å²) < 4.78 is 0. The Labute approximate surface area is 108 Å². The molecule has 1 aliphatic rings. The molecular formula is C14H22O4. The monoisotopic (exact) mass is 254 g/mol. The second kappa shape index (κ2) is 7.29. The minimum absolute atomic E-state index is 0.211. The third-order valence-electron chi connectivity index (χ3n) is 3.78. The molecule has 4 heteroatoms. The molecule has 0 aromatic rings. The molecule has 0 aromatic heterocycles. The van der Waals surface area contributed by atoms with Crippen molar-refractivity contribution in [2.75, 3.05) is 0 Å². The Morgan fingerprint density at radius 2 is 1.89 bits per heavy atom. The number of Topliss-reactive ketones (excluding diaryl/α,β-unsaturated/α-hetero) is 2. The van der Waals surface area contributed by atoms with E-state index in [2.05, 4.69) is 0 Å². The molecule has 1 rings (SSSR count). The van der Waals surface area contributed by atoms with Gasteiger partial charge in [-0.3, -0.25) is 14.4 Å². The quantitative estimate of drug-likeness (QED) is 0.709. The lowest BCUT2D eigenvalue weighted by Crippen LogP contribution is -2.22. The van der Waals surface area contributed by atoms with E-state index in [1.54, 1.807) is 6.92 Å². The number of carboxylic acids is 1. The third-order valence-corrected chi connectivity index (χ3v) is 3.78. The van der Waals surface area contributed by atoms with Crippen LogP contribution in [0.25, 0.3) is 0 Å².